The molecule has 6 nitrogen and oxygen atoms in total. The fraction of sp³-hybridized carbons (Fsp3) is 0.529. The molecule has 0 amide bonds. The van der Waals surface area contributed by atoms with Crippen LogP contribution in [0.1, 0.15) is 42.5 Å². The number of aromatic hydroxyl groups is 1. The van der Waals surface area contributed by atoms with Gasteiger partial charge in [0.25, 0.3) is 0 Å². The molecule has 144 valence electrons. The van der Waals surface area contributed by atoms with Crippen molar-refractivity contribution >= 4 is 45.3 Å². The van der Waals surface area contributed by atoms with Crippen LogP contribution >= 0.6 is 33.3 Å². The highest BCUT2D eigenvalue weighted by Gasteiger charge is 2.16. The van der Waals surface area contributed by atoms with E-state index in [1.807, 2.05) is 21.6 Å². The third kappa shape index (κ3) is 7.69. The van der Waals surface area contributed by atoms with E-state index in [0.29, 0.717) is 18.7 Å². The van der Waals surface area contributed by atoms with Crippen LogP contribution in [-0.4, -0.2) is 45.5 Å². The molecule has 0 saturated carbocycles. The van der Waals surface area contributed by atoms with Crippen molar-refractivity contribution in [1.29, 1.82) is 0 Å². The van der Waals surface area contributed by atoms with Crippen molar-refractivity contribution in [2.24, 2.45) is 0 Å². The summed E-state index contributed by atoms with van der Waals surface area (Å²) in [4.78, 5) is 28.2. The van der Waals surface area contributed by atoms with E-state index in [1.54, 1.807) is 6.07 Å². The summed E-state index contributed by atoms with van der Waals surface area (Å²) in [6.07, 6.45) is 4.78. The number of carbonyl (C=O) groups excluding carboxylic acids is 1. The van der Waals surface area contributed by atoms with E-state index in [0.717, 1.165) is 23.0 Å². The molecule has 0 aromatic heterocycles. The van der Waals surface area contributed by atoms with Crippen LogP contribution in [0.5, 0.6) is 5.75 Å². The Morgan fingerprint density at radius 2 is 2.19 bits per heavy atom. The number of carbonyl (C=O) groups is 2. The molecule has 1 saturated heterocycles. The SMILES string of the molecule is O=C(CCCC[C@@H]1CCSS1)ONCCSc1ccc(C(=O)O)c(O)c1. The molecule has 0 bridgehead atoms. The zero-order valence-electron chi connectivity index (χ0n) is 14.3. The van der Waals surface area contributed by atoms with Gasteiger partial charge in [-0.2, -0.15) is 5.48 Å². The Kier molecular flexibility index (Phi) is 9.52. The highest BCUT2D eigenvalue weighted by Crippen LogP contribution is 2.39. The number of benzene rings is 1. The van der Waals surface area contributed by atoms with Gasteiger partial charge in [0.1, 0.15) is 11.3 Å². The third-order valence-electron chi connectivity index (χ3n) is 3.74. The molecular formula is C17H23NO5S3. The van der Waals surface area contributed by atoms with Gasteiger partial charge in [0, 0.05) is 34.6 Å². The molecule has 26 heavy (non-hydrogen) atoms. The lowest BCUT2D eigenvalue weighted by atomic mass is 10.1. The number of unbranched alkanes of at least 4 members (excludes halogenated alkanes) is 1. The van der Waals surface area contributed by atoms with Crippen LogP contribution in [0, 0.1) is 0 Å². The molecule has 9 heteroatoms. The normalized spacial score (nSPS) is 16.5. The minimum Gasteiger partial charge on any atom is -0.507 e. The molecule has 1 fully saturated rings. The monoisotopic (exact) mass is 417 g/mol. The van der Waals surface area contributed by atoms with Crippen LogP contribution in [0.3, 0.4) is 0 Å². The lowest BCUT2D eigenvalue weighted by Gasteiger charge is -2.08. The molecule has 3 N–H and O–H groups in total. The molecule has 1 aliphatic rings. The highest BCUT2D eigenvalue weighted by atomic mass is 33.1. The average Bonchev–Trinajstić information content (AvgIpc) is 3.11. The predicted molar refractivity (Wildman–Crippen MR) is 107 cm³/mol. The Morgan fingerprint density at radius 1 is 1.35 bits per heavy atom. The quantitative estimate of drug-likeness (QED) is 0.214. The summed E-state index contributed by atoms with van der Waals surface area (Å²) >= 11 is 1.43. The number of carboxylic acids is 1. The van der Waals surface area contributed by atoms with Crippen molar-refractivity contribution in [2.75, 3.05) is 18.1 Å². The molecule has 1 aliphatic heterocycles. The number of hydrogen-bond donors (Lipinski definition) is 3. The van der Waals surface area contributed by atoms with Crippen LogP contribution < -0.4 is 5.48 Å². The fourth-order valence-electron chi connectivity index (χ4n) is 2.38. The van der Waals surface area contributed by atoms with Gasteiger partial charge in [-0.3, -0.25) is 4.79 Å². The van der Waals surface area contributed by atoms with Gasteiger partial charge in [-0.05, 0) is 37.5 Å². The highest BCUT2D eigenvalue weighted by molar-refractivity contribution is 8.77. The van der Waals surface area contributed by atoms with E-state index in [1.165, 1.54) is 42.5 Å². The number of hydroxylamine groups is 1. The maximum absolute atomic E-state index is 11.6. The van der Waals surface area contributed by atoms with E-state index >= 15 is 0 Å². The first-order valence-corrected chi connectivity index (χ1v) is 11.8. The molecular weight excluding hydrogens is 394 g/mol. The standard InChI is InChI=1S/C17H23NO5S3/c19-15-11-13(5-6-14(15)17(21)22)24-10-8-18-23-16(20)4-2-1-3-12-7-9-25-26-12/h5-6,11-12,18-19H,1-4,7-10H2,(H,21,22)/t12-/m1/s1. The largest absolute Gasteiger partial charge is 0.507 e. The van der Waals surface area contributed by atoms with Crippen molar-refractivity contribution in [3.63, 3.8) is 0 Å². The molecule has 1 atom stereocenters. The summed E-state index contributed by atoms with van der Waals surface area (Å²) in [6, 6.07) is 4.43. The number of thioether (sulfide) groups is 1. The van der Waals surface area contributed by atoms with Gasteiger partial charge in [-0.15, -0.1) is 11.8 Å². The lowest BCUT2D eigenvalue weighted by Crippen LogP contribution is -2.22. The topological polar surface area (TPSA) is 95.9 Å². The van der Waals surface area contributed by atoms with E-state index < -0.39 is 5.97 Å². The first-order valence-electron chi connectivity index (χ1n) is 8.46. The Labute approximate surface area is 165 Å². The van der Waals surface area contributed by atoms with Gasteiger partial charge >= 0.3 is 11.9 Å². The summed E-state index contributed by atoms with van der Waals surface area (Å²) in [7, 11) is 3.90. The first-order chi connectivity index (χ1) is 12.6. The second-order valence-electron chi connectivity index (χ2n) is 5.78. The van der Waals surface area contributed by atoms with E-state index in [4.69, 9.17) is 9.94 Å². The van der Waals surface area contributed by atoms with Crippen LogP contribution in [0.4, 0.5) is 0 Å². The van der Waals surface area contributed by atoms with Crippen LogP contribution in [0.2, 0.25) is 0 Å². The minimum atomic E-state index is -1.16. The van der Waals surface area contributed by atoms with Crippen molar-refractivity contribution in [3.8, 4) is 5.75 Å². The number of hydrogen-bond acceptors (Lipinski definition) is 8. The second-order valence-corrected chi connectivity index (χ2v) is 9.73. The van der Waals surface area contributed by atoms with Gasteiger partial charge in [0.15, 0.2) is 0 Å². The summed E-state index contributed by atoms with van der Waals surface area (Å²) in [5.74, 6) is 0.204. The van der Waals surface area contributed by atoms with Crippen LogP contribution in [-0.2, 0) is 9.63 Å². The summed E-state index contributed by atoms with van der Waals surface area (Å²) in [5, 5.41) is 19.2. The van der Waals surface area contributed by atoms with Crippen molar-refractivity contribution < 1.29 is 24.6 Å². The average molecular weight is 418 g/mol. The van der Waals surface area contributed by atoms with Gasteiger partial charge in [0.05, 0.1) is 0 Å². The Bertz CT molecular complexity index is 608. The van der Waals surface area contributed by atoms with Gasteiger partial charge in [-0.25, -0.2) is 4.79 Å². The third-order valence-corrected chi connectivity index (χ3v) is 7.75. The zero-order valence-corrected chi connectivity index (χ0v) is 16.8. The molecule has 2 rings (SSSR count). The number of carboxylic acid groups (broad SMARTS) is 1. The van der Waals surface area contributed by atoms with Crippen molar-refractivity contribution in [2.45, 2.75) is 42.2 Å². The molecule has 1 heterocycles. The van der Waals surface area contributed by atoms with Crippen LogP contribution in [0.15, 0.2) is 23.1 Å². The van der Waals surface area contributed by atoms with E-state index in [9.17, 15) is 14.7 Å². The number of aromatic carboxylic acids is 1. The summed E-state index contributed by atoms with van der Waals surface area (Å²) in [5.41, 5.74) is 2.53. The van der Waals surface area contributed by atoms with Crippen LogP contribution in [0.25, 0.3) is 0 Å². The maximum atomic E-state index is 11.6. The minimum absolute atomic E-state index is 0.119. The Balaban J connectivity index is 1.51. The molecule has 1 aromatic rings. The number of rotatable bonds is 11. The van der Waals surface area contributed by atoms with Crippen molar-refractivity contribution in [3.05, 3.63) is 23.8 Å². The van der Waals surface area contributed by atoms with E-state index in [2.05, 4.69) is 5.48 Å². The molecule has 0 unspecified atom stereocenters. The zero-order chi connectivity index (χ0) is 18.8. The molecule has 0 aliphatic carbocycles. The van der Waals surface area contributed by atoms with E-state index in [-0.39, 0.29) is 17.3 Å². The van der Waals surface area contributed by atoms with Gasteiger partial charge in [0.2, 0.25) is 0 Å². The molecule has 0 radical (unpaired) electrons. The number of phenols is 1. The molecule has 0 spiro atoms. The summed E-state index contributed by atoms with van der Waals surface area (Å²) in [6.45, 7) is 0.466. The summed E-state index contributed by atoms with van der Waals surface area (Å²) < 4.78 is 0. The predicted octanol–water partition coefficient (Wildman–Crippen LogP) is 3.94. The van der Waals surface area contributed by atoms with Crippen molar-refractivity contribution in [1.82, 2.24) is 5.48 Å². The first kappa shape index (κ1) is 21.3. The molecule has 1 aromatic carbocycles. The Hall–Kier alpha value is -1.03. The maximum Gasteiger partial charge on any atom is 0.339 e. The van der Waals surface area contributed by atoms with Gasteiger partial charge < -0.3 is 15.1 Å². The Morgan fingerprint density at radius 3 is 2.88 bits per heavy atom. The number of nitrogens with one attached hydrogen (secondary N) is 1. The second kappa shape index (κ2) is 11.6. The van der Waals surface area contributed by atoms with Gasteiger partial charge in [-0.1, -0.05) is 28.0 Å². The fourth-order valence-corrected chi connectivity index (χ4v) is 6.19. The smallest absolute Gasteiger partial charge is 0.339 e. The lowest BCUT2D eigenvalue weighted by molar-refractivity contribution is -0.151.